The largest absolute Gasteiger partial charge is 0.459 e. The van der Waals surface area contributed by atoms with Crippen LogP contribution in [0.3, 0.4) is 0 Å². The van der Waals surface area contributed by atoms with Crippen LogP contribution in [0.4, 0.5) is 5.69 Å². The van der Waals surface area contributed by atoms with Crippen molar-refractivity contribution in [3.8, 4) is 0 Å². The maximum Gasteiger partial charge on any atom is 0.329 e. The number of nitrogens with zero attached hydrogens (tertiary/aromatic N) is 1. The molecule has 7 nitrogen and oxygen atoms in total. The quantitative estimate of drug-likeness (QED) is 0.787. The molecule has 0 radical (unpaired) electrons. The van der Waals surface area contributed by atoms with E-state index in [0.717, 1.165) is 17.7 Å². The van der Waals surface area contributed by atoms with Crippen LogP contribution in [0.15, 0.2) is 47.1 Å². The Morgan fingerprint density at radius 2 is 1.96 bits per heavy atom. The summed E-state index contributed by atoms with van der Waals surface area (Å²) in [5.41, 5.74) is 1.95. The summed E-state index contributed by atoms with van der Waals surface area (Å²) in [6, 6.07) is 9.88. The SMILES string of the molecule is CC(C)C(NC(=O)c1ccco1)C(=O)OCC(=O)N1CCc2ccccc21. The number of fused-ring (bicyclic) bond motifs is 1. The van der Waals surface area contributed by atoms with Crippen molar-refractivity contribution in [1.29, 1.82) is 0 Å². The number of furan rings is 1. The fourth-order valence-corrected chi connectivity index (χ4v) is 3.02. The molecule has 3 rings (SSSR count). The van der Waals surface area contributed by atoms with Crippen LogP contribution in [-0.4, -0.2) is 37.0 Å². The second kappa shape index (κ2) is 8.07. The Labute approximate surface area is 157 Å². The summed E-state index contributed by atoms with van der Waals surface area (Å²) in [6.07, 6.45) is 2.16. The van der Waals surface area contributed by atoms with Gasteiger partial charge < -0.3 is 19.4 Å². The van der Waals surface area contributed by atoms with Gasteiger partial charge >= 0.3 is 5.97 Å². The standard InChI is InChI=1S/C20H22N2O5/c1-13(2)18(21-19(24)16-8-5-11-26-16)20(25)27-12-17(23)22-10-9-14-6-3-4-7-15(14)22/h3-8,11,13,18H,9-10,12H2,1-2H3,(H,21,24). The number of rotatable bonds is 6. The molecule has 2 aromatic rings. The van der Waals surface area contributed by atoms with Crippen molar-refractivity contribution in [2.45, 2.75) is 26.3 Å². The van der Waals surface area contributed by atoms with Crippen LogP contribution in [0.25, 0.3) is 0 Å². The van der Waals surface area contributed by atoms with Crippen LogP contribution < -0.4 is 10.2 Å². The van der Waals surface area contributed by atoms with E-state index in [1.165, 1.54) is 12.3 Å². The summed E-state index contributed by atoms with van der Waals surface area (Å²) in [5.74, 6) is -1.54. The molecule has 0 fully saturated rings. The number of para-hydroxylation sites is 1. The molecule has 1 unspecified atom stereocenters. The number of esters is 1. The Morgan fingerprint density at radius 3 is 2.67 bits per heavy atom. The molecule has 1 aromatic carbocycles. The number of hydrogen-bond acceptors (Lipinski definition) is 5. The molecule has 7 heteroatoms. The van der Waals surface area contributed by atoms with Crippen LogP contribution in [0.1, 0.15) is 30.0 Å². The smallest absolute Gasteiger partial charge is 0.329 e. The summed E-state index contributed by atoms with van der Waals surface area (Å²) in [6.45, 7) is 3.77. The molecule has 1 N–H and O–H groups in total. The summed E-state index contributed by atoms with van der Waals surface area (Å²) < 4.78 is 10.2. The number of anilines is 1. The summed E-state index contributed by atoms with van der Waals surface area (Å²) in [5, 5.41) is 2.60. The average molecular weight is 370 g/mol. The lowest BCUT2D eigenvalue weighted by Crippen LogP contribution is -2.46. The van der Waals surface area contributed by atoms with Crippen LogP contribution in [0.5, 0.6) is 0 Å². The molecule has 0 saturated carbocycles. The van der Waals surface area contributed by atoms with Crippen molar-refractivity contribution in [3.63, 3.8) is 0 Å². The highest BCUT2D eigenvalue weighted by Gasteiger charge is 2.29. The minimum Gasteiger partial charge on any atom is -0.459 e. The molecule has 0 saturated heterocycles. The first-order valence-corrected chi connectivity index (χ1v) is 8.86. The maximum absolute atomic E-state index is 12.5. The van der Waals surface area contributed by atoms with E-state index in [4.69, 9.17) is 9.15 Å². The van der Waals surface area contributed by atoms with Gasteiger partial charge in [-0.25, -0.2) is 4.79 Å². The first-order valence-electron chi connectivity index (χ1n) is 8.86. The van der Waals surface area contributed by atoms with E-state index in [0.29, 0.717) is 6.54 Å². The first kappa shape index (κ1) is 18.7. The van der Waals surface area contributed by atoms with Crippen molar-refractivity contribution in [2.24, 2.45) is 5.92 Å². The highest BCUT2D eigenvalue weighted by Crippen LogP contribution is 2.27. The predicted octanol–water partition coefficient (Wildman–Crippen LogP) is 2.17. The zero-order valence-corrected chi connectivity index (χ0v) is 15.3. The van der Waals surface area contributed by atoms with E-state index < -0.39 is 17.9 Å². The third kappa shape index (κ3) is 4.19. The van der Waals surface area contributed by atoms with E-state index >= 15 is 0 Å². The Bertz CT molecular complexity index is 829. The number of carbonyl (C=O) groups excluding carboxylic acids is 3. The van der Waals surface area contributed by atoms with E-state index in [9.17, 15) is 14.4 Å². The summed E-state index contributed by atoms with van der Waals surface area (Å²) in [7, 11) is 0. The van der Waals surface area contributed by atoms with Crippen LogP contribution in [-0.2, 0) is 20.7 Å². The number of hydrogen-bond donors (Lipinski definition) is 1. The van der Waals surface area contributed by atoms with Gasteiger partial charge in [0.1, 0.15) is 6.04 Å². The minimum atomic E-state index is -0.874. The third-order valence-electron chi connectivity index (χ3n) is 4.48. The number of benzene rings is 1. The molecule has 2 heterocycles. The topological polar surface area (TPSA) is 88.9 Å². The Kier molecular flexibility index (Phi) is 5.59. The monoisotopic (exact) mass is 370 g/mol. The van der Waals surface area contributed by atoms with Crippen molar-refractivity contribution < 1.29 is 23.5 Å². The van der Waals surface area contributed by atoms with Gasteiger partial charge in [0.05, 0.1) is 6.26 Å². The molecule has 27 heavy (non-hydrogen) atoms. The normalized spacial score (nSPS) is 14.0. The van der Waals surface area contributed by atoms with Gasteiger partial charge in [-0.2, -0.15) is 0 Å². The van der Waals surface area contributed by atoms with Crippen LogP contribution in [0.2, 0.25) is 0 Å². The third-order valence-corrected chi connectivity index (χ3v) is 4.48. The van der Waals surface area contributed by atoms with Gasteiger partial charge in [0.15, 0.2) is 12.4 Å². The molecule has 1 aromatic heterocycles. The summed E-state index contributed by atoms with van der Waals surface area (Å²) in [4.78, 5) is 38.6. The second-order valence-corrected chi connectivity index (χ2v) is 6.70. The van der Waals surface area contributed by atoms with Gasteiger partial charge in [0, 0.05) is 12.2 Å². The zero-order valence-electron chi connectivity index (χ0n) is 15.3. The fourth-order valence-electron chi connectivity index (χ4n) is 3.02. The van der Waals surface area contributed by atoms with Gasteiger partial charge in [0.2, 0.25) is 0 Å². The Morgan fingerprint density at radius 1 is 1.19 bits per heavy atom. The number of carbonyl (C=O) groups is 3. The van der Waals surface area contributed by atoms with Gasteiger partial charge in [-0.3, -0.25) is 9.59 Å². The lowest BCUT2D eigenvalue weighted by atomic mass is 10.0. The van der Waals surface area contributed by atoms with Gasteiger partial charge in [-0.1, -0.05) is 32.0 Å². The fraction of sp³-hybridized carbons (Fsp3) is 0.350. The molecular formula is C20H22N2O5. The predicted molar refractivity (Wildman–Crippen MR) is 98.3 cm³/mol. The molecular weight excluding hydrogens is 348 g/mol. The number of ether oxygens (including phenoxy) is 1. The molecule has 142 valence electrons. The second-order valence-electron chi connectivity index (χ2n) is 6.70. The van der Waals surface area contributed by atoms with Gasteiger partial charge in [0.25, 0.3) is 11.8 Å². The maximum atomic E-state index is 12.5. The van der Waals surface area contributed by atoms with E-state index in [1.54, 1.807) is 24.8 Å². The first-order chi connectivity index (χ1) is 13.0. The zero-order chi connectivity index (χ0) is 19.4. The molecule has 2 amide bonds. The summed E-state index contributed by atoms with van der Waals surface area (Å²) >= 11 is 0. The van der Waals surface area contributed by atoms with E-state index in [2.05, 4.69) is 5.32 Å². The Balaban J connectivity index is 1.58. The minimum absolute atomic E-state index is 0.109. The molecule has 1 aliphatic rings. The van der Waals surface area contributed by atoms with Crippen molar-refractivity contribution >= 4 is 23.5 Å². The van der Waals surface area contributed by atoms with Gasteiger partial charge in [-0.05, 0) is 36.1 Å². The molecule has 1 atom stereocenters. The highest BCUT2D eigenvalue weighted by molar-refractivity contribution is 5.98. The lowest BCUT2D eigenvalue weighted by molar-refractivity contribution is -0.150. The molecule has 0 spiro atoms. The van der Waals surface area contributed by atoms with E-state index in [1.807, 2.05) is 24.3 Å². The van der Waals surface area contributed by atoms with Crippen LogP contribution in [0, 0.1) is 5.92 Å². The van der Waals surface area contributed by atoms with Crippen molar-refractivity contribution in [3.05, 3.63) is 54.0 Å². The number of nitrogens with one attached hydrogen (secondary N) is 1. The van der Waals surface area contributed by atoms with Crippen molar-refractivity contribution in [2.75, 3.05) is 18.1 Å². The molecule has 0 bridgehead atoms. The van der Waals surface area contributed by atoms with Gasteiger partial charge in [-0.15, -0.1) is 0 Å². The number of amides is 2. The highest BCUT2D eigenvalue weighted by atomic mass is 16.5. The lowest BCUT2D eigenvalue weighted by Gasteiger charge is -2.21. The van der Waals surface area contributed by atoms with Crippen LogP contribution >= 0.6 is 0 Å². The van der Waals surface area contributed by atoms with E-state index in [-0.39, 0.29) is 24.2 Å². The molecule has 1 aliphatic heterocycles. The van der Waals surface area contributed by atoms with Crippen molar-refractivity contribution in [1.82, 2.24) is 5.32 Å². The average Bonchev–Trinajstić information content (AvgIpc) is 3.33. The molecule has 0 aliphatic carbocycles. The Hall–Kier alpha value is -3.09.